The lowest BCUT2D eigenvalue weighted by Crippen LogP contribution is -2.44. The molecule has 3 rings (SSSR count). The van der Waals surface area contributed by atoms with E-state index in [1.807, 2.05) is 24.4 Å². The number of carbonyl (C=O) groups is 1. The SMILES string of the molecule is CCOc1ccc(OCC(=O)Nc2nc(CN3C[C@H](C)O[C@@H](C)C3)cs2)cc1. The molecule has 0 spiro atoms. The Morgan fingerprint density at radius 3 is 2.50 bits per heavy atom. The summed E-state index contributed by atoms with van der Waals surface area (Å²) in [7, 11) is 0. The van der Waals surface area contributed by atoms with Crippen LogP contribution < -0.4 is 14.8 Å². The zero-order valence-corrected chi connectivity index (χ0v) is 17.3. The lowest BCUT2D eigenvalue weighted by atomic mass is 10.2. The standard InChI is InChI=1S/C20H27N3O4S/c1-4-25-17-5-7-18(8-6-17)26-12-19(24)22-20-21-16(13-28-20)11-23-9-14(2)27-15(3)10-23/h5-8,13-15H,4,9-12H2,1-3H3,(H,21,22,24)/t14-,15-/m0/s1. The Hall–Kier alpha value is -2.16. The van der Waals surface area contributed by atoms with E-state index >= 15 is 0 Å². The van der Waals surface area contributed by atoms with Crippen LogP contribution in [0.2, 0.25) is 0 Å². The number of thiazole rings is 1. The van der Waals surface area contributed by atoms with Crippen molar-refractivity contribution < 1.29 is 19.0 Å². The van der Waals surface area contributed by atoms with Crippen molar-refractivity contribution in [1.82, 2.24) is 9.88 Å². The van der Waals surface area contributed by atoms with Crippen LogP contribution in [0.5, 0.6) is 11.5 Å². The smallest absolute Gasteiger partial charge is 0.264 e. The van der Waals surface area contributed by atoms with Gasteiger partial charge >= 0.3 is 0 Å². The molecule has 2 atom stereocenters. The minimum absolute atomic E-state index is 0.0681. The van der Waals surface area contributed by atoms with Gasteiger partial charge in [0.2, 0.25) is 0 Å². The van der Waals surface area contributed by atoms with Gasteiger partial charge in [0.25, 0.3) is 5.91 Å². The third-order valence-electron chi connectivity index (χ3n) is 4.18. The maximum absolute atomic E-state index is 12.1. The number of benzene rings is 1. The summed E-state index contributed by atoms with van der Waals surface area (Å²) >= 11 is 1.42. The summed E-state index contributed by atoms with van der Waals surface area (Å²) in [5, 5.41) is 5.36. The van der Waals surface area contributed by atoms with E-state index in [2.05, 4.69) is 29.0 Å². The van der Waals surface area contributed by atoms with Crippen molar-refractivity contribution in [2.24, 2.45) is 0 Å². The van der Waals surface area contributed by atoms with Crippen LogP contribution in [-0.2, 0) is 16.1 Å². The number of nitrogens with one attached hydrogen (secondary N) is 1. The van der Waals surface area contributed by atoms with Crippen LogP contribution in [0.4, 0.5) is 5.13 Å². The number of hydrogen-bond acceptors (Lipinski definition) is 7. The fourth-order valence-electron chi connectivity index (χ4n) is 3.18. The fraction of sp³-hybridized carbons (Fsp3) is 0.500. The predicted octanol–water partition coefficient (Wildman–Crippen LogP) is 3.17. The van der Waals surface area contributed by atoms with E-state index < -0.39 is 0 Å². The van der Waals surface area contributed by atoms with E-state index in [0.717, 1.165) is 31.1 Å². The lowest BCUT2D eigenvalue weighted by Gasteiger charge is -2.34. The summed E-state index contributed by atoms with van der Waals surface area (Å²) in [5.41, 5.74) is 0.953. The second kappa shape index (κ2) is 9.86. The number of ether oxygens (including phenoxy) is 3. The average Bonchev–Trinajstić information content (AvgIpc) is 3.07. The molecule has 0 radical (unpaired) electrons. The van der Waals surface area contributed by atoms with Gasteiger partial charge in [0.15, 0.2) is 11.7 Å². The van der Waals surface area contributed by atoms with Gasteiger partial charge in [-0.05, 0) is 45.0 Å². The van der Waals surface area contributed by atoms with E-state index in [0.29, 0.717) is 17.5 Å². The molecule has 28 heavy (non-hydrogen) atoms. The summed E-state index contributed by atoms with van der Waals surface area (Å²) < 4.78 is 16.7. The highest BCUT2D eigenvalue weighted by atomic mass is 32.1. The molecule has 0 unspecified atom stereocenters. The Labute approximate surface area is 169 Å². The van der Waals surface area contributed by atoms with Crippen molar-refractivity contribution in [2.45, 2.75) is 39.5 Å². The molecule has 1 fully saturated rings. The molecular formula is C20H27N3O4S. The number of rotatable bonds is 8. The first-order chi connectivity index (χ1) is 13.5. The molecule has 8 heteroatoms. The van der Waals surface area contributed by atoms with Crippen LogP contribution in [0.15, 0.2) is 29.6 Å². The van der Waals surface area contributed by atoms with E-state index in [4.69, 9.17) is 14.2 Å². The van der Waals surface area contributed by atoms with E-state index in [1.54, 1.807) is 12.1 Å². The molecular weight excluding hydrogens is 378 g/mol. The summed E-state index contributed by atoms with van der Waals surface area (Å²) in [6, 6.07) is 7.20. The van der Waals surface area contributed by atoms with Gasteiger partial charge in [0, 0.05) is 25.0 Å². The third-order valence-corrected chi connectivity index (χ3v) is 4.99. The second-order valence-corrected chi connectivity index (χ2v) is 7.69. The zero-order valence-electron chi connectivity index (χ0n) is 16.5. The van der Waals surface area contributed by atoms with Gasteiger partial charge in [-0.25, -0.2) is 4.98 Å². The van der Waals surface area contributed by atoms with Gasteiger partial charge in [-0.3, -0.25) is 15.0 Å². The second-order valence-electron chi connectivity index (χ2n) is 6.84. The van der Waals surface area contributed by atoms with Crippen LogP contribution in [-0.4, -0.2) is 54.3 Å². The first-order valence-corrected chi connectivity index (χ1v) is 10.4. The van der Waals surface area contributed by atoms with Gasteiger partial charge in [0.1, 0.15) is 11.5 Å². The molecule has 1 aliphatic heterocycles. The molecule has 1 N–H and O–H groups in total. The van der Waals surface area contributed by atoms with Crippen molar-refractivity contribution in [3.8, 4) is 11.5 Å². The Balaban J connectivity index is 1.44. The quantitative estimate of drug-likeness (QED) is 0.727. The maximum Gasteiger partial charge on any atom is 0.264 e. The average molecular weight is 406 g/mol. The fourth-order valence-corrected chi connectivity index (χ4v) is 3.90. The number of aromatic nitrogens is 1. The van der Waals surface area contributed by atoms with Crippen LogP contribution in [0.1, 0.15) is 26.5 Å². The summed E-state index contributed by atoms with van der Waals surface area (Å²) in [6.07, 6.45) is 0.447. The first-order valence-electron chi connectivity index (χ1n) is 9.49. The van der Waals surface area contributed by atoms with Crippen molar-refractivity contribution in [2.75, 3.05) is 31.6 Å². The van der Waals surface area contributed by atoms with Gasteiger partial charge in [-0.15, -0.1) is 11.3 Å². The first kappa shape index (κ1) is 20.6. The highest BCUT2D eigenvalue weighted by Crippen LogP contribution is 2.20. The molecule has 1 amide bonds. The largest absolute Gasteiger partial charge is 0.494 e. The number of amides is 1. The number of hydrogen-bond donors (Lipinski definition) is 1. The van der Waals surface area contributed by atoms with Crippen LogP contribution in [0.25, 0.3) is 0 Å². The summed E-state index contributed by atoms with van der Waals surface area (Å²) in [6.45, 7) is 9.18. The molecule has 0 aliphatic carbocycles. The Morgan fingerprint density at radius 2 is 1.86 bits per heavy atom. The molecule has 1 aliphatic rings. The highest BCUT2D eigenvalue weighted by molar-refractivity contribution is 7.13. The monoisotopic (exact) mass is 405 g/mol. The Kier molecular flexibility index (Phi) is 7.24. The van der Waals surface area contributed by atoms with E-state index in [9.17, 15) is 4.79 Å². The van der Waals surface area contributed by atoms with E-state index in [-0.39, 0.29) is 24.7 Å². The van der Waals surface area contributed by atoms with Crippen molar-refractivity contribution in [3.63, 3.8) is 0 Å². The van der Waals surface area contributed by atoms with Gasteiger partial charge < -0.3 is 14.2 Å². The number of morpholine rings is 1. The minimum atomic E-state index is -0.233. The van der Waals surface area contributed by atoms with Crippen LogP contribution >= 0.6 is 11.3 Å². The summed E-state index contributed by atoms with van der Waals surface area (Å²) in [5.74, 6) is 1.16. The molecule has 152 valence electrons. The molecule has 2 heterocycles. The van der Waals surface area contributed by atoms with Gasteiger partial charge in [0.05, 0.1) is 24.5 Å². The lowest BCUT2D eigenvalue weighted by molar-refractivity contribution is -0.118. The molecule has 1 aromatic heterocycles. The minimum Gasteiger partial charge on any atom is -0.494 e. The normalized spacial score (nSPS) is 20.0. The predicted molar refractivity (Wildman–Crippen MR) is 109 cm³/mol. The maximum atomic E-state index is 12.1. The van der Waals surface area contributed by atoms with Crippen molar-refractivity contribution >= 4 is 22.4 Å². The highest BCUT2D eigenvalue weighted by Gasteiger charge is 2.22. The van der Waals surface area contributed by atoms with Crippen LogP contribution in [0, 0.1) is 0 Å². The Morgan fingerprint density at radius 1 is 1.21 bits per heavy atom. The third kappa shape index (κ3) is 6.19. The zero-order chi connectivity index (χ0) is 19.9. The van der Waals surface area contributed by atoms with Crippen molar-refractivity contribution in [3.05, 3.63) is 35.3 Å². The van der Waals surface area contributed by atoms with Crippen LogP contribution in [0.3, 0.4) is 0 Å². The number of carbonyl (C=O) groups excluding carboxylic acids is 1. The molecule has 0 bridgehead atoms. The molecule has 1 saturated heterocycles. The topological polar surface area (TPSA) is 72.9 Å². The number of anilines is 1. The summed E-state index contributed by atoms with van der Waals surface area (Å²) in [4.78, 5) is 19.0. The van der Waals surface area contributed by atoms with Crippen molar-refractivity contribution in [1.29, 1.82) is 0 Å². The molecule has 2 aromatic rings. The molecule has 1 aromatic carbocycles. The van der Waals surface area contributed by atoms with Gasteiger partial charge in [-0.2, -0.15) is 0 Å². The van der Waals surface area contributed by atoms with Gasteiger partial charge in [-0.1, -0.05) is 0 Å². The molecule has 0 saturated carbocycles. The Bertz CT molecular complexity index is 755. The van der Waals surface area contributed by atoms with E-state index in [1.165, 1.54) is 11.3 Å². The number of nitrogens with zero attached hydrogens (tertiary/aromatic N) is 2. The molecule has 7 nitrogen and oxygen atoms in total.